The number of carbonyl (C=O) groups excluding carboxylic acids is 1. The van der Waals surface area contributed by atoms with Gasteiger partial charge in [-0.25, -0.2) is 0 Å². The van der Waals surface area contributed by atoms with Gasteiger partial charge in [-0.3, -0.25) is 10.1 Å². The lowest BCUT2D eigenvalue weighted by Gasteiger charge is -2.30. The molecule has 1 saturated heterocycles. The van der Waals surface area contributed by atoms with Crippen molar-refractivity contribution in [2.24, 2.45) is 5.92 Å². The minimum atomic E-state index is -0.0480. The first-order chi connectivity index (χ1) is 8.69. The lowest BCUT2D eigenvalue weighted by atomic mass is 9.98. The minimum Gasteiger partial charge on any atom is -0.364 e. The second-order valence-corrected chi connectivity index (χ2v) is 5.64. The molecule has 0 saturated carbocycles. The molecule has 1 fully saturated rings. The number of amides is 1. The summed E-state index contributed by atoms with van der Waals surface area (Å²) in [5.41, 5.74) is 4.23. The van der Waals surface area contributed by atoms with Gasteiger partial charge >= 0.3 is 0 Å². The van der Waals surface area contributed by atoms with Crippen molar-refractivity contribution in [1.29, 1.82) is 0 Å². The normalized spacial score (nSPS) is 31.2. The minimum absolute atomic E-state index is 0.0480. The molecule has 0 aromatic carbocycles. The number of aromatic amines is 1. The lowest BCUT2D eigenvalue weighted by molar-refractivity contribution is -0.125. The standard InChI is InChI=1S/C14H21N3O/c1-3-11-14(18)16-7-13(17-11)10-6-15-12-5-8(2)4-9(10)12/h6,8,11,13,15,17H,3-5,7H2,1-2H3,(H,16,18). The number of piperazine rings is 1. The van der Waals surface area contributed by atoms with E-state index in [2.05, 4.69) is 28.7 Å². The summed E-state index contributed by atoms with van der Waals surface area (Å²) in [4.78, 5) is 15.1. The monoisotopic (exact) mass is 247 g/mol. The predicted molar refractivity (Wildman–Crippen MR) is 70.3 cm³/mol. The van der Waals surface area contributed by atoms with E-state index in [1.165, 1.54) is 16.8 Å². The van der Waals surface area contributed by atoms with Crippen LogP contribution in [0.4, 0.5) is 0 Å². The summed E-state index contributed by atoms with van der Waals surface area (Å²) in [5.74, 6) is 0.876. The molecule has 2 heterocycles. The summed E-state index contributed by atoms with van der Waals surface area (Å²) in [6, 6.07) is 0.214. The van der Waals surface area contributed by atoms with Crippen molar-refractivity contribution in [3.8, 4) is 0 Å². The van der Waals surface area contributed by atoms with Crippen LogP contribution in [0.25, 0.3) is 0 Å². The number of fused-ring (bicyclic) bond motifs is 1. The Morgan fingerprint density at radius 2 is 2.22 bits per heavy atom. The van der Waals surface area contributed by atoms with Gasteiger partial charge in [0.25, 0.3) is 0 Å². The van der Waals surface area contributed by atoms with E-state index >= 15 is 0 Å². The zero-order valence-corrected chi connectivity index (χ0v) is 11.0. The molecule has 1 amide bonds. The Morgan fingerprint density at radius 1 is 1.39 bits per heavy atom. The molecule has 98 valence electrons. The summed E-state index contributed by atoms with van der Waals surface area (Å²) in [6.45, 7) is 5.04. The Morgan fingerprint density at radius 3 is 3.00 bits per heavy atom. The number of hydrogen-bond donors (Lipinski definition) is 3. The van der Waals surface area contributed by atoms with Crippen LogP contribution < -0.4 is 10.6 Å². The number of aromatic nitrogens is 1. The molecule has 3 rings (SSSR count). The van der Waals surface area contributed by atoms with E-state index in [0.29, 0.717) is 6.54 Å². The smallest absolute Gasteiger partial charge is 0.237 e. The van der Waals surface area contributed by atoms with Gasteiger partial charge in [0.05, 0.1) is 12.1 Å². The van der Waals surface area contributed by atoms with E-state index in [9.17, 15) is 4.79 Å². The molecule has 18 heavy (non-hydrogen) atoms. The van der Waals surface area contributed by atoms with Crippen molar-refractivity contribution >= 4 is 5.91 Å². The van der Waals surface area contributed by atoms with Gasteiger partial charge in [0.15, 0.2) is 0 Å². The maximum atomic E-state index is 11.6. The molecule has 4 heteroatoms. The quantitative estimate of drug-likeness (QED) is 0.737. The van der Waals surface area contributed by atoms with Crippen molar-refractivity contribution < 1.29 is 4.79 Å². The van der Waals surface area contributed by atoms with Crippen LogP contribution in [0.1, 0.15) is 43.1 Å². The van der Waals surface area contributed by atoms with E-state index in [-0.39, 0.29) is 18.0 Å². The first-order valence-electron chi connectivity index (χ1n) is 6.91. The molecule has 1 aliphatic carbocycles. The third-order valence-corrected chi connectivity index (χ3v) is 4.20. The molecule has 0 spiro atoms. The topological polar surface area (TPSA) is 56.9 Å². The van der Waals surface area contributed by atoms with Gasteiger partial charge in [0.1, 0.15) is 0 Å². The van der Waals surface area contributed by atoms with Crippen LogP contribution >= 0.6 is 0 Å². The van der Waals surface area contributed by atoms with Crippen LogP contribution in [0.5, 0.6) is 0 Å². The average Bonchev–Trinajstić information content (AvgIpc) is 2.89. The summed E-state index contributed by atoms with van der Waals surface area (Å²) in [5, 5.41) is 6.48. The number of H-pyrrole nitrogens is 1. The van der Waals surface area contributed by atoms with Crippen molar-refractivity contribution in [1.82, 2.24) is 15.6 Å². The van der Waals surface area contributed by atoms with Gasteiger partial charge in [-0.1, -0.05) is 13.8 Å². The summed E-state index contributed by atoms with van der Waals surface area (Å²) in [6.07, 6.45) is 5.28. The van der Waals surface area contributed by atoms with Crippen LogP contribution in [-0.2, 0) is 17.6 Å². The molecule has 3 atom stereocenters. The Kier molecular flexibility index (Phi) is 2.90. The molecule has 3 unspecified atom stereocenters. The van der Waals surface area contributed by atoms with Crippen LogP contribution in [0.3, 0.4) is 0 Å². The van der Waals surface area contributed by atoms with E-state index in [1.807, 2.05) is 6.92 Å². The zero-order chi connectivity index (χ0) is 12.7. The van der Waals surface area contributed by atoms with Crippen molar-refractivity contribution in [3.05, 3.63) is 23.0 Å². The maximum absolute atomic E-state index is 11.6. The Labute approximate surface area is 108 Å². The Hall–Kier alpha value is -1.29. The molecule has 0 bridgehead atoms. The third kappa shape index (κ3) is 1.85. The second-order valence-electron chi connectivity index (χ2n) is 5.64. The van der Waals surface area contributed by atoms with Crippen molar-refractivity contribution in [3.63, 3.8) is 0 Å². The van der Waals surface area contributed by atoms with Gasteiger partial charge < -0.3 is 10.3 Å². The molecule has 1 aromatic heterocycles. The molecule has 1 aromatic rings. The summed E-state index contributed by atoms with van der Waals surface area (Å²) >= 11 is 0. The predicted octanol–water partition coefficient (Wildman–Crippen LogP) is 1.29. The highest BCUT2D eigenvalue weighted by Gasteiger charge is 2.31. The number of rotatable bonds is 2. The molecule has 1 aliphatic heterocycles. The van der Waals surface area contributed by atoms with Gasteiger partial charge in [0, 0.05) is 18.4 Å². The highest BCUT2D eigenvalue weighted by Crippen LogP contribution is 2.32. The lowest BCUT2D eigenvalue weighted by Crippen LogP contribution is -2.54. The third-order valence-electron chi connectivity index (χ3n) is 4.20. The molecule has 2 aliphatic rings. The number of carbonyl (C=O) groups is 1. The van der Waals surface area contributed by atoms with E-state index in [1.54, 1.807) is 0 Å². The van der Waals surface area contributed by atoms with Crippen LogP contribution in [0.15, 0.2) is 6.20 Å². The van der Waals surface area contributed by atoms with Gasteiger partial charge in [0.2, 0.25) is 5.91 Å². The molecule has 3 N–H and O–H groups in total. The second kappa shape index (κ2) is 4.43. The fraction of sp³-hybridized carbons (Fsp3) is 0.643. The van der Waals surface area contributed by atoms with Crippen LogP contribution in [-0.4, -0.2) is 23.5 Å². The van der Waals surface area contributed by atoms with Gasteiger partial charge in [-0.15, -0.1) is 0 Å². The fourth-order valence-electron chi connectivity index (χ4n) is 3.22. The van der Waals surface area contributed by atoms with Crippen molar-refractivity contribution in [2.75, 3.05) is 6.54 Å². The van der Waals surface area contributed by atoms with Crippen LogP contribution in [0, 0.1) is 5.92 Å². The van der Waals surface area contributed by atoms with Crippen LogP contribution in [0.2, 0.25) is 0 Å². The highest BCUT2D eigenvalue weighted by molar-refractivity contribution is 5.82. The SMILES string of the molecule is CCC1NC(c2c[nH]c3c2CC(C)C3)CNC1=O. The Bertz CT molecular complexity index is 466. The van der Waals surface area contributed by atoms with Crippen molar-refractivity contribution in [2.45, 2.75) is 45.2 Å². The maximum Gasteiger partial charge on any atom is 0.237 e. The van der Waals surface area contributed by atoms with Gasteiger partial charge in [-0.05, 0) is 36.3 Å². The molecular formula is C14H21N3O. The van der Waals surface area contributed by atoms with E-state index in [0.717, 1.165) is 25.2 Å². The Balaban J connectivity index is 1.82. The average molecular weight is 247 g/mol. The number of nitrogens with one attached hydrogen (secondary N) is 3. The molecule has 4 nitrogen and oxygen atoms in total. The van der Waals surface area contributed by atoms with E-state index in [4.69, 9.17) is 0 Å². The highest BCUT2D eigenvalue weighted by atomic mass is 16.2. The zero-order valence-electron chi connectivity index (χ0n) is 11.0. The fourth-order valence-corrected chi connectivity index (χ4v) is 3.22. The summed E-state index contributed by atoms with van der Waals surface area (Å²) < 4.78 is 0. The first kappa shape index (κ1) is 11.8. The first-order valence-corrected chi connectivity index (χ1v) is 6.91. The number of hydrogen-bond acceptors (Lipinski definition) is 2. The van der Waals surface area contributed by atoms with Gasteiger partial charge in [-0.2, -0.15) is 0 Å². The largest absolute Gasteiger partial charge is 0.364 e. The molecule has 0 radical (unpaired) electrons. The molecular weight excluding hydrogens is 226 g/mol. The van der Waals surface area contributed by atoms with E-state index < -0.39 is 0 Å². The summed E-state index contributed by atoms with van der Waals surface area (Å²) in [7, 11) is 0.